The Hall–Kier alpha value is -3.82. The molecule has 0 radical (unpaired) electrons. The minimum absolute atomic E-state index is 0.0246. The molecule has 1 aliphatic heterocycles. The predicted molar refractivity (Wildman–Crippen MR) is 138 cm³/mol. The van der Waals surface area contributed by atoms with Crippen LogP contribution in [-0.2, 0) is 11.3 Å². The highest BCUT2D eigenvalue weighted by atomic mass is 32.2. The molecule has 0 spiro atoms. The molecule has 1 fully saturated rings. The van der Waals surface area contributed by atoms with Crippen molar-refractivity contribution in [3.05, 3.63) is 111 Å². The number of pyridine rings is 1. The van der Waals surface area contributed by atoms with Crippen LogP contribution in [-0.4, -0.2) is 24.5 Å². The summed E-state index contributed by atoms with van der Waals surface area (Å²) in [4.78, 5) is 32.9. The van der Waals surface area contributed by atoms with Crippen molar-refractivity contribution in [2.45, 2.75) is 13.5 Å². The molecule has 0 N–H and O–H groups in total. The van der Waals surface area contributed by atoms with Crippen LogP contribution in [0.3, 0.4) is 0 Å². The van der Waals surface area contributed by atoms with Gasteiger partial charge in [0.05, 0.1) is 11.4 Å². The second-order valence-corrected chi connectivity index (χ2v) is 9.48. The van der Waals surface area contributed by atoms with E-state index in [1.807, 2.05) is 43.3 Å². The van der Waals surface area contributed by atoms with E-state index in [1.54, 1.807) is 18.3 Å². The van der Waals surface area contributed by atoms with Gasteiger partial charge in [-0.2, -0.15) is 4.98 Å². The van der Waals surface area contributed by atoms with E-state index < -0.39 is 11.4 Å². The lowest BCUT2D eigenvalue weighted by Crippen LogP contribution is -2.27. The number of rotatable bonds is 5. The predicted octanol–water partition coefficient (Wildman–Crippen LogP) is 5.34. The van der Waals surface area contributed by atoms with Crippen LogP contribution in [0.25, 0.3) is 11.7 Å². The quantitative estimate of drug-likeness (QED) is 0.271. The molecule has 9 heteroatoms. The van der Waals surface area contributed by atoms with Crippen LogP contribution < -0.4 is 10.3 Å². The Morgan fingerprint density at radius 2 is 1.80 bits per heavy atom. The number of thioether (sulfide) groups is 1. The van der Waals surface area contributed by atoms with Gasteiger partial charge in [0.15, 0.2) is 11.6 Å². The van der Waals surface area contributed by atoms with Crippen LogP contribution in [0.2, 0.25) is 0 Å². The topological polar surface area (TPSA) is 63.9 Å². The van der Waals surface area contributed by atoms with Gasteiger partial charge in [-0.3, -0.25) is 18.9 Å². The third kappa shape index (κ3) is 4.48. The van der Waals surface area contributed by atoms with Crippen molar-refractivity contribution in [3.63, 3.8) is 0 Å². The average molecular weight is 504 g/mol. The summed E-state index contributed by atoms with van der Waals surface area (Å²) in [5, 5.41) is 0. The highest BCUT2D eigenvalue weighted by Gasteiger charge is 2.33. The summed E-state index contributed by atoms with van der Waals surface area (Å²) in [5.41, 5.74) is 1.62. The van der Waals surface area contributed by atoms with Gasteiger partial charge in [-0.25, -0.2) is 4.39 Å². The molecule has 0 saturated carbocycles. The van der Waals surface area contributed by atoms with E-state index in [0.29, 0.717) is 16.5 Å². The monoisotopic (exact) mass is 503 g/mol. The lowest BCUT2D eigenvalue weighted by Gasteiger charge is -2.14. The molecule has 1 saturated heterocycles. The van der Waals surface area contributed by atoms with Gasteiger partial charge in [-0.1, -0.05) is 72.5 Å². The molecule has 0 aliphatic carbocycles. The second kappa shape index (κ2) is 9.44. The molecule has 0 unspecified atom stereocenters. The van der Waals surface area contributed by atoms with Gasteiger partial charge in [-0.15, -0.1) is 0 Å². The second-order valence-electron chi connectivity index (χ2n) is 7.81. The van der Waals surface area contributed by atoms with Crippen molar-refractivity contribution >= 4 is 45.9 Å². The van der Waals surface area contributed by atoms with Crippen LogP contribution in [0.4, 0.5) is 4.39 Å². The van der Waals surface area contributed by atoms with Crippen molar-refractivity contribution in [3.8, 4) is 11.6 Å². The minimum atomic E-state index is -0.598. The molecule has 0 atom stereocenters. The SMILES string of the molecule is Cc1cccn2c(=O)c(/C=C3/SC(=S)N(Cc4ccccc4)C3=O)c(Oc3ccccc3F)nc12. The molecule has 1 aliphatic rings. The van der Waals surface area contributed by atoms with Crippen LogP contribution in [0.1, 0.15) is 16.7 Å². The molecule has 3 heterocycles. The fourth-order valence-corrected chi connectivity index (χ4v) is 4.90. The van der Waals surface area contributed by atoms with Crippen LogP contribution in [0.15, 0.2) is 82.6 Å². The summed E-state index contributed by atoms with van der Waals surface area (Å²) < 4.78 is 21.9. The van der Waals surface area contributed by atoms with Crippen molar-refractivity contribution in [2.75, 3.05) is 0 Å². The molecule has 2 aromatic heterocycles. The molecule has 4 aromatic rings. The first kappa shape index (κ1) is 22.9. The summed E-state index contributed by atoms with van der Waals surface area (Å²) in [6.07, 6.45) is 3.01. The van der Waals surface area contributed by atoms with Crippen LogP contribution >= 0.6 is 24.0 Å². The van der Waals surface area contributed by atoms with Crippen LogP contribution in [0.5, 0.6) is 11.6 Å². The number of benzene rings is 2. The molecule has 0 bridgehead atoms. The number of thiocarbonyl (C=S) groups is 1. The van der Waals surface area contributed by atoms with Gasteiger partial charge in [-0.05, 0) is 42.3 Å². The van der Waals surface area contributed by atoms with Crippen molar-refractivity contribution in [1.82, 2.24) is 14.3 Å². The van der Waals surface area contributed by atoms with Gasteiger partial charge in [0.2, 0.25) is 5.88 Å². The number of aromatic nitrogens is 2. The molecule has 6 nitrogen and oxygen atoms in total. The Kier molecular flexibility index (Phi) is 6.19. The summed E-state index contributed by atoms with van der Waals surface area (Å²) in [6, 6.07) is 18.9. The third-order valence-corrected chi connectivity index (χ3v) is 6.80. The summed E-state index contributed by atoms with van der Waals surface area (Å²) in [7, 11) is 0. The summed E-state index contributed by atoms with van der Waals surface area (Å²) >= 11 is 6.53. The third-order valence-electron chi connectivity index (χ3n) is 5.43. The van der Waals surface area contributed by atoms with Gasteiger partial charge in [0, 0.05) is 6.20 Å². The highest BCUT2D eigenvalue weighted by Crippen LogP contribution is 2.35. The Bertz CT molecular complexity index is 1570. The number of carbonyl (C=O) groups excluding carboxylic acids is 1. The molecular formula is C26H18FN3O3S2. The van der Waals surface area contributed by atoms with E-state index in [4.69, 9.17) is 17.0 Å². The van der Waals surface area contributed by atoms with Gasteiger partial charge in [0.25, 0.3) is 11.5 Å². The number of halogens is 1. The maximum absolute atomic E-state index is 14.3. The maximum atomic E-state index is 14.3. The number of ether oxygens (including phenoxy) is 1. The smallest absolute Gasteiger partial charge is 0.269 e. The Labute approximate surface area is 209 Å². The van der Waals surface area contributed by atoms with E-state index in [2.05, 4.69) is 4.98 Å². The first-order valence-electron chi connectivity index (χ1n) is 10.7. The number of para-hydroxylation sites is 1. The number of hydrogen-bond donors (Lipinski definition) is 0. The van der Waals surface area contributed by atoms with E-state index >= 15 is 0 Å². The van der Waals surface area contributed by atoms with E-state index in [0.717, 1.165) is 22.9 Å². The van der Waals surface area contributed by atoms with Gasteiger partial charge >= 0.3 is 0 Å². The number of fused-ring (bicyclic) bond motifs is 1. The number of amides is 1. The van der Waals surface area contributed by atoms with Crippen molar-refractivity contribution in [1.29, 1.82) is 0 Å². The highest BCUT2D eigenvalue weighted by molar-refractivity contribution is 8.26. The Morgan fingerprint density at radius 1 is 1.06 bits per heavy atom. The first-order valence-corrected chi connectivity index (χ1v) is 11.9. The van der Waals surface area contributed by atoms with E-state index in [1.165, 1.54) is 33.6 Å². The zero-order valence-electron chi connectivity index (χ0n) is 18.5. The normalized spacial score (nSPS) is 14.8. The number of hydrogen-bond acceptors (Lipinski definition) is 6. The Balaban J connectivity index is 1.60. The zero-order valence-corrected chi connectivity index (χ0v) is 20.1. The fourth-order valence-electron chi connectivity index (χ4n) is 3.66. The Morgan fingerprint density at radius 3 is 2.57 bits per heavy atom. The molecule has 174 valence electrons. The van der Waals surface area contributed by atoms with Crippen LogP contribution in [0, 0.1) is 12.7 Å². The van der Waals surface area contributed by atoms with Gasteiger partial charge in [0.1, 0.15) is 15.5 Å². The average Bonchev–Trinajstić information content (AvgIpc) is 3.11. The number of nitrogens with zero attached hydrogens (tertiary/aromatic N) is 3. The maximum Gasteiger partial charge on any atom is 0.269 e. The summed E-state index contributed by atoms with van der Waals surface area (Å²) in [6.45, 7) is 2.12. The van der Waals surface area contributed by atoms with Gasteiger partial charge < -0.3 is 4.74 Å². The fraction of sp³-hybridized carbons (Fsp3) is 0.0769. The molecule has 5 rings (SSSR count). The number of aryl methyl sites for hydroxylation is 1. The van der Waals surface area contributed by atoms with Crippen molar-refractivity contribution < 1.29 is 13.9 Å². The molecule has 1 amide bonds. The number of carbonyl (C=O) groups is 1. The molecule has 2 aromatic carbocycles. The molecular weight excluding hydrogens is 485 g/mol. The minimum Gasteiger partial charge on any atom is -0.435 e. The molecule has 35 heavy (non-hydrogen) atoms. The van der Waals surface area contributed by atoms with Crippen molar-refractivity contribution in [2.24, 2.45) is 0 Å². The standard InChI is InChI=1S/C26H18FN3O3S2/c1-16-8-7-13-29-22(16)28-23(33-20-12-6-5-11-19(20)27)18(24(29)31)14-21-25(32)30(26(34)35-21)15-17-9-3-2-4-10-17/h2-14H,15H2,1H3/b21-14+. The lowest BCUT2D eigenvalue weighted by atomic mass is 10.2. The summed E-state index contributed by atoms with van der Waals surface area (Å²) in [5.74, 6) is -1.10. The first-order chi connectivity index (χ1) is 16.9. The largest absolute Gasteiger partial charge is 0.435 e. The van der Waals surface area contributed by atoms with E-state index in [-0.39, 0.29) is 28.0 Å². The zero-order chi connectivity index (χ0) is 24.5. The lowest BCUT2D eigenvalue weighted by molar-refractivity contribution is -0.122. The van der Waals surface area contributed by atoms with E-state index in [9.17, 15) is 14.0 Å².